The Morgan fingerprint density at radius 3 is 2.72 bits per heavy atom. The third kappa shape index (κ3) is 4.08. The molecule has 1 aromatic rings. The molecule has 0 aliphatic carbocycles. The molecule has 0 fully saturated rings. The summed E-state index contributed by atoms with van der Waals surface area (Å²) in [5.41, 5.74) is 0. The molecular weight excluding hydrogens is 320 g/mol. The third-order valence-electron chi connectivity index (χ3n) is 2.33. The van der Waals surface area contributed by atoms with Gasteiger partial charge in [-0.05, 0) is 35.0 Å². The standard InChI is InChI=1S/C11H15BrN2O3S/c1-7(11(17)14(2)5-6-15)13-10(16)8-3-4-9(12)18-8/h3-4,7,15H,5-6H2,1-2H3,(H,13,16). The Hall–Kier alpha value is -0.920. The number of hydrogen-bond acceptors (Lipinski definition) is 4. The molecular formula is C11H15BrN2O3S. The van der Waals surface area contributed by atoms with Crippen LogP contribution < -0.4 is 5.32 Å². The summed E-state index contributed by atoms with van der Waals surface area (Å²) in [5.74, 6) is -0.503. The highest BCUT2D eigenvalue weighted by atomic mass is 79.9. The molecule has 0 saturated heterocycles. The molecule has 0 aliphatic heterocycles. The van der Waals surface area contributed by atoms with Crippen molar-refractivity contribution in [2.75, 3.05) is 20.2 Å². The van der Waals surface area contributed by atoms with Gasteiger partial charge in [0.15, 0.2) is 0 Å². The first-order valence-electron chi connectivity index (χ1n) is 5.37. The van der Waals surface area contributed by atoms with Crippen molar-refractivity contribution in [1.29, 1.82) is 0 Å². The lowest BCUT2D eigenvalue weighted by Gasteiger charge is -2.20. The Morgan fingerprint density at radius 1 is 1.56 bits per heavy atom. The molecule has 1 rings (SSSR count). The van der Waals surface area contributed by atoms with Crippen LogP contribution in [0.5, 0.6) is 0 Å². The van der Waals surface area contributed by atoms with Crippen molar-refractivity contribution in [3.05, 3.63) is 20.8 Å². The Balaban J connectivity index is 2.56. The molecule has 1 unspecified atom stereocenters. The first-order valence-corrected chi connectivity index (χ1v) is 6.98. The zero-order chi connectivity index (χ0) is 13.7. The number of nitrogens with one attached hydrogen (secondary N) is 1. The summed E-state index contributed by atoms with van der Waals surface area (Å²) in [4.78, 5) is 25.5. The second kappa shape index (κ2) is 6.86. The zero-order valence-corrected chi connectivity index (χ0v) is 12.5. The van der Waals surface area contributed by atoms with E-state index in [1.54, 1.807) is 26.1 Å². The van der Waals surface area contributed by atoms with Crippen LogP contribution in [0.15, 0.2) is 15.9 Å². The fraction of sp³-hybridized carbons (Fsp3) is 0.455. The number of halogens is 1. The largest absolute Gasteiger partial charge is 0.395 e. The number of carbonyl (C=O) groups is 2. The Morgan fingerprint density at radius 2 is 2.22 bits per heavy atom. The van der Waals surface area contributed by atoms with Crippen LogP contribution in [0.25, 0.3) is 0 Å². The molecule has 0 radical (unpaired) electrons. The number of amides is 2. The van der Waals surface area contributed by atoms with Crippen LogP contribution in [0, 0.1) is 0 Å². The van der Waals surface area contributed by atoms with Crippen molar-refractivity contribution in [2.24, 2.45) is 0 Å². The number of aliphatic hydroxyl groups is 1. The topological polar surface area (TPSA) is 69.6 Å². The first kappa shape index (κ1) is 15.1. The van der Waals surface area contributed by atoms with Crippen molar-refractivity contribution < 1.29 is 14.7 Å². The summed E-state index contributed by atoms with van der Waals surface area (Å²) >= 11 is 4.58. The number of aliphatic hydroxyl groups excluding tert-OH is 1. The van der Waals surface area contributed by atoms with E-state index in [9.17, 15) is 9.59 Å². The van der Waals surface area contributed by atoms with Crippen molar-refractivity contribution in [1.82, 2.24) is 10.2 Å². The van der Waals surface area contributed by atoms with Gasteiger partial charge in [-0.1, -0.05) is 0 Å². The summed E-state index contributed by atoms with van der Waals surface area (Å²) in [6.07, 6.45) is 0. The summed E-state index contributed by atoms with van der Waals surface area (Å²) in [6.45, 7) is 1.78. The zero-order valence-electron chi connectivity index (χ0n) is 10.1. The predicted molar refractivity (Wildman–Crippen MR) is 73.7 cm³/mol. The number of rotatable bonds is 5. The van der Waals surface area contributed by atoms with Crippen LogP contribution in [0.1, 0.15) is 16.6 Å². The molecule has 2 N–H and O–H groups in total. The molecule has 7 heteroatoms. The number of thiophene rings is 1. The van der Waals surface area contributed by atoms with Crippen LogP contribution in [0.2, 0.25) is 0 Å². The van der Waals surface area contributed by atoms with Gasteiger partial charge in [0.25, 0.3) is 5.91 Å². The molecule has 0 aliphatic rings. The number of nitrogens with zero attached hydrogens (tertiary/aromatic N) is 1. The quantitative estimate of drug-likeness (QED) is 0.846. The van der Waals surface area contributed by atoms with Gasteiger partial charge in [-0.2, -0.15) is 0 Å². The van der Waals surface area contributed by atoms with E-state index in [1.807, 2.05) is 0 Å². The van der Waals surface area contributed by atoms with Gasteiger partial charge in [-0.3, -0.25) is 9.59 Å². The van der Waals surface area contributed by atoms with Crippen molar-refractivity contribution in [3.63, 3.8) is 0 Å². The van der Waals surface area contributed by atoms with Gasteiger partial charge in [0.2, 0.25) is 5.91 Å². The lowest BCUT2D eigenvalue weighted by molar-refractivity contribution is -0.131. The molecule has 100 valence electrons. The van der Waals surface area contributed by atoms with E-state index in [-0.39, 0.29) is 25.0 Å². The van der Waals surface area contributed by atoms with E-state index in [1.165, 1.54) is 16.2 Å². The van der Waals surface area contributed by atoms with Crippen LogP contribution in [-0.2, 0) is 4.79 Å². The smallest absolute Gasteiger partial charge is 0.262 e. The molecule has 0 aromatic carbocycles. The van der Waals surface area contributed by atoms with E-state index in [0.717, 1.165) is 3.79 Å². The number of hydrogen-bond donors (Lipinski definition) is 2. The summed E-state index contributed by atoms with van der Waals surface area (Å²) in [6, 6.07) is 2.86. The van der Waals surface area contributed by atoms with E-state index in [2.05, 4.69) is 21.2 Å². The Labute approximate surface area is 118 Å². The normalized spacial score (nSPS) is 12.0. The molecule has 0 bridgehead atoms. The molecule has 2 amide bonds. The van der Waals surface area contributed by atoms with Crippen molar-refractivity contribution in [3.8, 4) is 0 Å². The second-order valence-electron chi connectivity index (χ2n) is 3.78. The fourth-order valence-corrected chi connectivity index (χ4v) is 2.65. The SMILES string of the molecule is CC(NC(=O)c1ccc(Br)s1)C(=O)N(C)CCO. The van der Waals surface area contributed by atoms with E-state index in [0.29, 0.717) is 4.88 Å². The van der Waals surface area contributed by atoms with Crippen molar-refractivity contribution in [2.45, 2.75) is 13.0 Å². The Bertz CT molecular complexity index is 436. The molecule has 0 spiro atoms. The summed E-state index contributed by atoms with van der Waals surface area (Å²) in [5, 5.41) is 11.4. The molecule has 1 atom stereocenters. The molecule has 1 heterocycles. The highest BCUT2D eigenvalue weighted by Crippen LogP contribution is 2.21. The van der Waals surface area contributed by atoms with Crippen molar-refractivity contribution >= 4 is 39.1 Å². The van der Waals surface area contributed by atoms with Gasteiger partial charge >= 0.3 is 0 Å². The minimum Gasteiger partial charge on any atom is -0.395 e. The lowest BCUT2D eigenvalue weighted by Crippen LogP contribution is -2.46. The van der Waals surface area contributed by atoms with Gasteiger partial charge in [0, 0.05) is 13.6 Å². The van der Waals surface area contributed by atoms with E-state index in [4.69, 9.17) is 5.11 Å². The maximum atomic E-state index is 11.8. The van der Waals surface area contributed by atoms with Gasteiger partial charge < -0.3 is 15.3 Å². The molecule has 1 aromatic heterocycles. The van der Waals surface area contributed by atoms with Crippen LogP contribution >= 0.6 is 27.3 Å². The average molecular weight is 335 g/mol. The first-order chi connectivity index (χ1) is 8.45. The summed E-state index contributed by atoms with van der Waals surface area (Å²) in [7, 11) is 1.59. The maximum absolute atomic E-state index is 11.8. The third-order valence-corrected chi connectivity index (χ3v) is 3.95. The van der Waals surface area contributed by atoms with Crippen LogP contribution in [0.3, 0.4) is 0 Å². The maximum Gasteiger partial charge on any atom is 0.262 e. The highest BCUT2D eigenvalue weighted by Gasteiger charge is 2.20. The van der Waals surface area contributed by atoms with E-state index >= 15 is 0 Å². The monoisotopic (exact) mass is 334 g/mol. The predicted octanol–water partition coefficient (Wildman–Crippen LogP) is 1.08. The average Bonchev–Trinajstić information content (AvgIpc) is 2.75. The number of likely N-dealkylation sites (N-methyl/N-ethyl adjacent to an activating group) is 1. The lowest BCUT2D eigenvalue weighted by atomic mass is 10.3. The minimum absolute atomic E-state index is 0.0965. The molecule has 5 nitrogen and oxygen atoms in total. The van der Waals surface area contributed by atoms with Gasteiger partial charge in [0.05, 0.1) is 15.3 Å². The highest BCUT2D eigenvalue weighted by molar-refractivity contribution is 9.11. The van der Waals surface area contributed by atoms with Crippen LogP contribution in [-0.4, -0.2) is 48.1 Å². The second-order valence-corrected chi connectivity index (χ2v) is 6.25. The number of carbonyl (C=O) groups excluding carboxylic acids is 2. The molecule has 18 heavy (non-hydrogen) atoms. The summed E-state index contributed by atoms with van der Waals surface area (Å²) < 4.78 is 0.865. The van der Waals surface area contributed by atoms with Crippen LogP contribution in [0.4, 0.5) is 0 Å². The van der Waals surface area contributed by atoms with Gasteiger partial charge in [-0.15, -0.1) is 11.3 Å². The van der Waals surface area contributed by atoms with E-state index < -0.39 is 6.04 Å². The van der Waals surface area contributed by atoms with Gasteiger partial charge in [-0.25, -0.2) is 0 Å². The van der Waals surface area contributed by atoms with Gasteiger partial charge in [0.1, 0.15) is 6.04 Å². The molecule has 0 saturated carbocycles. The minimum atomic E-state index is -0.616. The fourth-order valence-electron chi connectivity index (χ4n) is 1.36. The Kier molecular flexibility index (Phi) is 5.77.